The van der Waals surface area contributed by atoms with Crippen LogP contribution in [-0.2, 0) is 13.1 Å². The third-order valence-corrected chi connectivity index (χ3v) is 6.09. The highest BCUT2D eigenvalue weighted by Gasteiger charge is 2.11. The van der Waals surface area contributed by atoms with E-state index in [0.29, 0.717) is 13.2 Å². The van der Waals surface area contributed by atoms with Crippen LogP contribution in [0.3, 0.4) is 0 Å². The summed E-state index contributed by atoms with van der Waals surface area (Å²) < 4.78 is 14.7. The van der Waals surface area contributed by atoms with Crippen molar-refractivity contribution in [2.75, 3.05) is 36.9 Å². The Labute approximate surface area is 194 Å². The summed E-state index contributed by atoms with van der Waals surface area (Å²) in [5, 5.41) is 6.70. The molecule has 1 saturated heterocycles. The van der Waals surface area contributed by atoms with Crippen LogP contribution in [0.4, 0.5) is 11.6 Å². The Balaban J connectivity index is 1.16. The topological polar surface area (TPSA) is 75.2 Å². The molecule has 0 bridgehead atoms. The molecule has 1 aliphatic rings. The van der Waals surface area contributed by atoms with Crippen molar-refractivity contribution >= 4 is 23.4 Å². The van der Waals surface area contributed by atoms with Crippen molar-refractivity contribution in [1.29, 1.82) is 0 Å². The number of piperidine rings is 1. The molecule has 0 saturated carbocycles. The number of pyridine rings is 1. The van der Waals surface area contributed by atoms with E-state index in [1.54, 1.807) is 0 Å². The maximum absolute atomic E-state index is 5.99. The number of rotatable bonds is 11. The van der Waals surface area contributed by atoms with Gasteiger partial charge in [-0.25, -0.2) is 0 Å². The first-order valence-electron chi connectivity index (χ1n) is 11.4. The monoisotopic (exact) mass is 452 g/mol. The molecule has 0 amide bonds. The van der Waals surface area contributed by atoms with Gasteiger partial charge in [0, 0.05) is 31.5 Å². The van der Waals surface area contributed by atoms with Crippen molar-refractivity contribution in [1.82, 2.24) is 18.6 Å². The van der Waals surface area contributed by atoms with E-state index in [1.165, 1.54) is 49.6 Å². The Morgan fingerprint density at radius 2 is 1.84 bits per heavy atom. The van der Waals surface area contributed by atoms with E-state index >= 15 is 0 Å². The molecule has 7 nitrogen and oxygen atoms in total. The number of anilines is 2. The second-order valence-corrected chi connectivity index (χ2v) is 8.76. The molecule has 3 heterocycles. The number of nitrogens with one attached hydrogen (secondary N) is 2. The highest BCUT2D eigenvalue weighted by molar-refractivity contribution is 6.99. The van der Waals surface area contributed by atoms with Gasteiger partial charge in [-0.3, -0.25) is 9.88 Å². The maximum atomic E-state index is 5.99. The van der Waals surface area contributed by atoms with Crippen molar-refractivity contribution in [3.8, 4) is 5.75 Å². The second kappa shape index (κ2) is 11.8. The van der Waals surface area contributed by atoms with Gasteiger partial charge in [-0.05, 0) is 68.6 Å². The van der Waals surface area contributed by atoms with E-state index in [1.807, 2.05) is 25.3 Å². The molecule has 1 fully saturated rings. The fourth-order valence-electron chi connectivity index (χ4n) is 3.79. The van der Waals surface area contributed by atoms with Crippen LogP contribution in [-0.4, -0.2) is 44.9 Å². The number of aryl methyl sites for hydroxylation is 1. The van der Waals surface area contributed by atoms with Gasteiger partial charge in [0.25, 0.3) is 0 Å². The van der Waals surface area contributed by atoms with Gasteiger partial charge in [0.05, 0.1) is 18.3 Å². The Morgan fingerprint density at radius 3 is 2.66 bits per heavy atom. The fourth-order valence-corrected chi connectivity index (χ4v) is 4.29. The smallest absolute Gasteiger partial charge is 0.184 e. The van der Waals surface area contributed by atoms with Crippen LogP contribution >= 0.6 is 11.7 Å². The summed E-state index contributed by atoms with van der Waals surface area (Å²) >= 11 is 1.20. The van der Waals surface area contributed by atoms with Crippen LogP contribution in [0, 0.1) is 6.92 Å². The Morgan fingerprint density at radius 1 is 1.00 bits per heavy atom. The van der Waals surface area contributed by atoms with Gasteiger partial charge in [-0.15, -0.1) is 0 Å². The number of hydrogen-bond donors (Lipinski definition) is 2. The molecule has 32 heavy (non-hydrogen) atoms. The van der Waals surface area contributed by atoms with Crippen LogP contribution in [0.2, 0.25) is 0 Å². The van der Waals surface area contributed by atoms with Crippen molar-refractivity contribution in [3.63, 3.8) is 0 Å². The first-order valence-corrected chi connectivity index (χ1v) is 12.2. The Hall–Kier alpha value is -2.71. The van der Waals surface area contributed by atoms with Gasteiger partial charge in [0.15, 0.2) is 11.6 Å². The number of ether oxygens (including phenoxy) is 1. The summed E-state index contributed by atoms with van der Waals surface area (Å²) in [7, 11) is 0. The summed E-state index contributed by atoms with van der Waals surface area (Å²) in [5.41, 5.74) is 3.46. The fraction of sp³-hybridized carbons (Fsp3) is 0.458. The van der Waals surface area contributed by atoms with Crippen molar-refractivity contribution in [3.05, 3.63) is 59.4 Å². The number of nitrogens with zero attached hydrogens (tertiary/aromatic N) is 4. The summed E-state index contributed by atoms with van der Waals surface area (Å²) in [6.45, 7) is 7.53. The third kappa shape index (κ3) is 6.90. The minimum absolute atomic E-state index is 0.662. The summed E-state index contributed by atoms with van der Waals surface area (Å²) in [6, 6.07) is 12.6. The zero-order chi connectivity index (χ0) is 22.0. The largest absolute Gasteiger partial charge is 0.494 e. The molecule has 1 aromatic carbocycles. The van der Waals surface area contributed by atoms with Gasteiger partial charge in [0.2, 0.25) is 0 Å². The summed E-state index contributed by atoms with van der Waals surface area (Å²) in [6.07, 6.45) is 6.77. The quantitative estimate of drug-likeness (QED) is 0.408. The number of hydrogen-bond acceptors (Lipinski definition) is 8. The normalized spacial score (nSPS) is 14.3. The molecule has 0 spiro atoms. The van der Waals surface area contributed by atoms with E-state index < -0.39 is 0 Å². The predicted octanol–water partition coefficient (Wildman–Crippen LogP) is 4.72. The van der Waals surface area contributed by atoms with Gasteiger partial charge in [-0.1, -0.05) is 24.6 Å². The lowest BCUT2D eigenvalue weighted by atomic mass is 10.1. The van der Waals surface area contributed by atoms with Gasteiger partial charge < -0.3 is 15.4 Å². The number of likely N-dealkylation sites (tertiary alicyclic amines) is 1. The molecule has 2 N–H and O–H groups in total. The van der Waals surface area contributed by atoms with Gasteiger partial charge in [0.1, 0.15) is 5.75 Å². The van der Waals surface area contributed by atoms with E-state index in [2.05, 4.69) is 53.5 Å². The van der Waals surface area contributed by atoms with E-state index in [0.717, 1.165) is 48.2 Å². The van der Waals surface area contributed by atoms with Crippen LogP contribution in [0.5, 0.6) is 5.75 Å². The summed E-state index contributed by atoms with van der Waals surface area (Å²) in [4.78, 5) is 6.86. The molecule has 2 aromatic heterocycles. The third-order valence-electron chi connectivity index (χ3n) is 5.56. The molecule has 1 aliphatic heterocycles. The van der Waals surface area contributed by atoms with Crippen LogP contribution < -0.4 is 15.4 Å². The number of benzene rings is 1. The lowest BCUT2D eigenvalue weighted by molar-refractivity contribution is 0.220. The average molecular weight is 453 g/mol. The molecular formula is C24H32N6OS. The van der Waals surface area contributed by atoms with Crippen molar-refractivity contribution in [2.24, 2.45) is 0 Å². The van der Waals surface area contributed by atoms with E-state index in [4.69, 9.17) is 4.74 Å². The zero-order valence-electron chi connectivity index (χ0n) is 18.7. The lowest BCUT2D eigenvalue weighted by Crippen LogP contribution is -2.29. The molecule has 170 valence electrons. The van der Waals surface area contributed by atoms with Gasteiger partial charge in [-0.2, -0.15) is 8.75 Å². The van der Waals surface area contributed by atoms with Crippen LogP contribution in [0.15, 0.2) is 42.6 Å². The first-order chi connectivity index (χ1) is 15.8. The predicted molar refractivity (Wildman–Crippen MR) is 130 cm³/mol. The number of aromatic nitrogens is 3. The standard InChI is InChI=1S/C24H32N6OS/c1-19-9-10-21(16-26-19)17-27-24-23(28-32-29-24)25-11-6-14-31-22-8-5-7-20(15-22)18-30-12-3-2-4-13-30/h5,7-10,15-16H,2-4,6,11-14,17-18H2,1H3,(H,25,28)(H,27,29). The molecular weight excluding hydrogens is 420 g/mol. The van der Waals surface area contributed by atoms with Crippen molar-refractivity contribution < 1.29 is 4.74 Å². The summed E-state index contributed by atoms with van der Waals surface area (Å²) in [5.74, 6) is 2.52. The molecule has 0 unspecified atom stereocenters. The first kappa shape index (κ1) is 22.5. The molecule has 4 rings (SSSR count). The average Bonchev–Trinajstić information content (AvgIpc) is 3.27. The highest BCUT2D eigenvalue weighted by atomic mass is 32.1. The minimum Gasteiger partial charge on any atom is -0.494 e. The van der Waals surface area contributed by atoms with Crippen LogP contribution in [0.25, 0.3) is 0 Å². The minimum atomic E-state index is 0.662. The zero-order valence-corrected chi connectivity index (χ0v) is 19.5. The van der Waals surface area contributed by atoms with E-state index in [-0.39, 0.29) is 0 Å². The molecule has 0 atom stereocenters. The van der Waals surface area contributed by atoms with Gasteiger partial charge >= 0.3 is 0 Å². The molecule has 0 radical (unpaired) electrons. The Bertz CT molecular complexity index is 955. The maximum Gasteiger partial charge on any atom is 0.184 e. The van der Waals surface area contributed by atoms with E-state index in [9.17, 15) is 0 Å². The van der Waals surface area contributed by atoms with Crippen molar-refractivity contribution in [2.45, 2.75) is 45.7 Å². The van der Waals surface area contributed by atoms with Crippen LogP contribution in [0.1, 0.15) is 42.5 Å². The molecule has 3 aromatic rings. The molecule has 0 aliphatic carbocycles. The lowest BCUT2D eigenvalue weighted by Gasteiger charge is -2.26. The second-order valence-electron chi connectivity index (χ2n) is 8.24. The SMILES string of the molecule is Cc1ccc(CNc2nsnc2NCCCOc2cccc(CN3CCCCC3)c2)cn1. The molecule has 8 heteroatoms. The Kier molecular flexibility index (Phi) is 8.28. The highest BCUT2D eigenvalue weighted by Crippen LogP contribution is 2.20.